The average molecular weight is 529 g/mol. The van der Waals surface area contributed by atoms with E-state index >= 15 is 0 Å². The molecule has 5 aliphatic rings. The Balaban J connectivity index is 1.16. The van der Waals surface area contributed by atoms with Crippen molar-refractivity contribution in [2.75, 3.05) is 0 Å². The third-order valence-corrected chi connectivity index (χ3v) is 13.3. The van der Waals surface area contributed by atoms with E-state index in [0.29, 0.717) is 16.1 Å². The molecule has 5 rings (SSSR count). The SMILES string of the molecule is CCCCCCCC[C@@H]1CC[C@@H]2[C@H]3CC=C4C[C@@H](SC(=O)OC5CCCCC5)CC[C@]4(C)[C@@H]3CC[C@]12C. The second kappa shape index (κ2) is 12.4. The maximum absolute atomic E-state index is 12.7. The van der Waals surface area contributed by atoms with Crippen LogP contribution in [0.2, 0.25) is 0 Å². The molecule has 0 amide bonds. The van der Waals surface area contributed by atoms with E-state index in [1.807, 2.05) is 0 Å². The fraction of sp³-hybridized carbons (Fsp3) is 0.912. The molecule has 0 aromatic rings. The van der Waals surface area contributed by atoms with Crippen molar-refractivity contribution >= 4 is 17.1 Å². The van der Waals surface area contributed by atoms with Crippen LogP contribution in [0.5, 0.6) is 0 Å². The van der Waals surface area contributed by atoms with Crippen molar-refractivity contribution < 1.29 is 9.53 Å². The van der Waals surface area contributed by atoms with Gasteiger partial charge in [0.2, 0.25) is 0 Å². The highest BCUT2D eigenvalue weighted by Gasteiger charge is 2.58. The van der Waals surface area contributed by atoms with E-state index in [4.69, 9.17) is 4.74 Å². The van der Waals surface area contributed by atoms with Gasteiger partial charge in [-0.15, -0.1) is 0 Å². The van der Waals surface area contributed by atoms with E-state index < -0.39 is 0 Å². The molecule has 0 heterocycles. The van der Waals surface area contributed by atoms with Crippen molar-refractivity contribution in [3.05, 3.63) is 11.6 Å². The zero-order chi connectivity index (χ0) is 25.9. The monoisotopic (exact) mass is 528 g/mol. The van der Waals surface area contributed by atoms with Crippen LogP contribution in [0.3, 0.4) is 0 Å². The number of hydrogen-bond donors (Lipinski definition) is 0. The number of carbonyl (C=O) groups excluding carboxylic acids is 1. The van der Waals surface area contributed by atoms with E-state index in [1.165, 1.54) is 121 Å². The van der Waals surface area contributed by atoms with Crippen LogP contribution in [-0.2, 0) is 4.74 Å². The van der Waals surface area contributed by atoms with E-state index in [0.717, 1.165) is 42.9 Å². The van der Waals surface area contributed by atoms with Crippen LogP contribution in [0.1, 0.15) is 149 Å². The van der Waals surface area contributed by atoms with Gasteiger partial charge in [0.25, 0.3) is 0 Å². The molecule has 3 heteroatoms. The fourth-order valence-corrected chi connectivity index (χ4v) is 10.9. The minimum Gasteiger partial charge on any atom is -0.454 e. The lowest BCUT2D eigenvalue weighted by Crippen LogP contribution is -2.50. The minimum absolute atomic E-state index is 0.00517. The second-order valence-electron chi connectivity index (χ2n) is 14.2. The lowest BCUT2D eigenvalue weighted by molar-refractivity contribution is -0.0422. The highest BCUT2D eigenvalue weighted by molar-refractivity contribution is 8.13. The van der Waals surface area contributed by atoms with E-state index in [1.54, 1.807) is 5.57 Å². The summed E-state index contributed by atoms with van der Waals surface area (Å²) in [6.45, 7) is 7.64. The normalized spacial score (nSPS) is 39.9. The standard InChI is InChI=1S/C34H56O2S/c1-4-5-6-7-8-10-13-25-17-19-30-29-18-16-26-24-28(37-32(35)36-27-14-11-9-12-15-27)20-22-34(26,3)31(29)21-23-33(25,30)2/h16,25,27-31H,4-15,17-24H2,1-3H3/t25-,28+,29-,30-,31-,33-,34+/m1/s1. The van der Waals surface area contributed by atoms with Crippen molar-refractivity contribution in [2.24, 2.45) is 34.5 Å². The van der Waals surface area contributed by atoms with Crippen LogP contribution in [0.4, 0.5) is 4.79 Å². The van der Waals surface area contributed by atoms with Crippen LogP contribution in [0, 0.1) is 34.5 Å². The summed E-state index contributed by atoms with van der Waals surface area (Å²) in [4.78, 5) is 12.7. The molecular formula is C34H56O2S. The lowest BCUT2D eigenvalue weighted by Gasteiger charge is -2.58. The Bertz CT molecular complexity index is 800. The molecule has 0 spiro atoms. The fourth-order valence-electron chi connectivity index (χ4n) is 9.97. The zero-order valence-corrected chi connectivity index (χ0v) is 25.2. The number of hydrogen-bond acceptors (Lipinski definition) is 3. The first-order chi connectivity index (χ1) is 17.9. The summed E-state index contributed by atoms with van der Waals surface area (Å²) in [5.41, 5.74) is 2.68. The van der Waals surface area contributed by atoms with Crippen molar-refractivity contribution in [2.45, 2.75) is 161 Å². The summed E-state index contributed by atoms with van der Waals surface area (Å²) in [6, 6.07) is 0. The second-order valence-corrected chi connectivity index (χ2v) is 15.5. The average Bonchev–Trinajstić information content (AvgIpc) is 3.23. The van der Waals surface area contributed by atoms with Gasteiger partial charge in [0.05, 0.1) is 0 Å². The van der Waals surface area contributed by atoms with Crippen molar-refractivity contribution in [1.29, 1.82) is 0 Å². The molecule has 0 aliphatic heterocycles. The predicted molar refractivity (Wildman–Crippen MR) is 158 cm³/mol. The molecular weight excluding hydrogens is 472 g/mol. The molecule has 0 unspecified atom stereocenters. The quantitative estimate of drug-likeness (QED) is 0.169. The first-order valence-electron chi connectivity index (χ1n) is 16.5. The molecule has 210 valence electrons. The minimum atomic E-state index is 0.00517. The largest absolute Gasteiger partial charge is 0.454 e. The van der Waals surface area contributed by atoms with Crippen LogP contribution < -0.4 is 0 Å². The Labute approximate surface area is 232 Å². The van der Waals surface area contributed by atoms with Gasteiger partial charge in [0.1, 0.15) is 6.10 Å². The van der Waals surface area contributed by atoms with Gasteiger partial charge in [0, 0.05) is 5.25 Å². The van der Waals surface area contributed by atoms with Crippen LogP contribution in [-0.4, -0.2) is 16.7 Å². The lowest BCUT2D eigenvalue weighted by atomic mass is 9.47. The molecule has 0 aromatic carbocycles. The van der Waals surface area contributed by atoms with Gasteiger partial charge in [-0.25, -0.2) is 4.79 Å². The summed E-state index contributed by atoms with van der Waals surface area (Å²) < 4.78 is 5.87. The molecule has 37 heavy (non-hydrogen) atoms. The van der Waals surface area contributed by atoms with Gasteiger partial charge in [-0.3, -0.25) is 0 Å². The van der Waals surface area contributed by atoms with Gasteiger partial charge < -0.3 is 4.74 Å². The molecule has 5 aliphatic carbocycles. The van der Waals surface area contributed by atoms with Crippen LogP contribution in [0.25, 0.3) is 0 Å². The third-order valence-electron chi connectivity index (χ3n) is 12.2. The van der Waals surface area contributed by atoms with Crippen LogP contribution in [0.15, 0.2) is 11.6 Å². The molecule has 0 N–H and O–H groups in total. The van der Waals surface area contributed by atoms with Crippen LogP contribution >= 0.6 is 11.8 Å². The number of thioether (sulfide) groups is 1. The first-order valence-corrected chi connectivity index (χ1v) is 17.4. The van der Waals surface area contributed by atoms with E-state index in [9.17, 15) is 4.79 Å². The summed E-state index contributed by atoms with van der Waals surface area (Å²) in [6.07, 6.45) is 29.6. The Kier molecular flexibility index (Phi) is 9.41. The molecule has 4 fully saturated rings. The topological polar surface area (TPSA) is 26.3 Å². The van der Waals surface area contributed by atoms with Gasteiger partial charge in [-0.2, -0.15) is 0 Å². The molecule has 0 radical (unpaired) electrons. The van der Waals surface area contributed by atoms with Gasteiger partial charge in [-0.1, -0.05) is 77.4 Å². The number of allylic oxidation sites excluding steroid dienone is 2. The Hall–Kier alpha value is -0.440. The summed E-state index contributed by atoms with van der Waals surface area (Å²) >= 11 is 1.52. The summed E-state index contributed by atoms with van der Waals surface area (Å²) in [5, 5.41) is 0.430. The van der Waals surface area contributed by atoms with Gasteiger partial charge in [-0.05, 0) is 130 Å². The maximum atomic E-state index is 12.7. The highest BCUT2D eigenvalue weighted by atomic mass is 32.2. The highest BCUT2D eigenvalue weighted by Crippen LogP contribution is 2.67. The number of carbonyl (C=O) groups is 1. The van der Waals surface area contributed by atoms with Crippen molar-refractivity contribution in [1.82, 2.24) is 0 Å². The summed E-state index contributed by atoms with van der Waals surface area (Å²) in [7, 11) is 0. The Morgan fingerprint density at radius 3 is 2.51 bits per heavy atom. The zero-order valence-electron chi connectivity index (χ0n) is 24.4. The number of rotatable bonds is 9. The number of fused-ring (bicyclic) bond motifs is 5. The maximum Gasteiger partial charge on any atom is 0.367 e. The number of ether oxygens (including phenoxy) is 1. The van der Waals surface area contributed by atoms with E-state index in [-0.39, 0.29) is 11.4 Å². The predicted octanol–water partition coefficient (Wildman–Crippen LogP) is 10.9. The van der Waals surface area contributed by atoms with Gasteiger partial charge in [0.15, 0.2) is 0 Å². The van der Waals surface area contributed by atoms with Crippen molar-refractivity contribution in [3.8, 4) is 0 Å². The summed E-state index contributed by atoms with van der Waals surface area (Å²) in [5.74, 6) is 3.70. The smallest absolute Gasteiger partial charge is 0.367 e. The Morgan fingerprint density at radius 2 is 1.70 bits per heavy atom. The first kappa shape index (κ1) is 28.1. The molecule has 0 saturated heterocycles. The molecule has 2 nitrogen and oxygen atoms in total. The van der Waals surface area contributed by atoms with Crippen molar-refractivity contribution in [3.63, 3.8) is 0 Å². The molecule has 0 aromatic heterocycles. The molecule has 0 bridgehead atoms. The Morgan fingerprint density at radius 1 is 0.919 bits per heavy atom. The van der Waals surface area contributed by atoms with E-state index in [2.05, 4.69) is 26.8 Å². The molecule has 4 saturated carbocycles. The number of unbranched alkanes of at least 4 members (excludes halogenated alkanes) is 5. The third kappa shape index (κ3) is 6.02. The molecule has 7 atom stereocenters. The van der Waals surface area contributed by atoms with Gasteiger partial charge >= 0.3 is 5.30 Å².